The summed E-state index contributed by atoms with van der Waals surface area (Å²) in [4.78, 5) is 16.5. The minimum atomic E-state index is -0.336. The highest BCUT2D eigenvalue weighted by molar-refractivity contribution is 5.94. The number of amides is 1. The van der Waals surface area contributed by atoms with Gasteiger partial charge in [0.05, 0.1) is 17.7 Å². The third-order valence-corrected chi connectivity index (χ3v) is 4.39. The van der Waals surface area contributed by atoms with Gasteiger partial charge in [0.25, 0.3) is 5.91 Å². The molecule has 25 heavy (non-hydrogen) atoms. The minimum Gasteiger partial charge on any atom is -0.335 e. The zero-order chi connectivity index (χ0) is 17.6. The van der Waals surface area contributed by atoms with Crippen LogP contribution in [-0.4, -0.2) is 41.4 Å². The molecule has 1 amide bonds. The zero-order valence-corrected chi connectivity index (χ0v) is 13.8. The van der Waals surface area contributed by atoms with E-state index in [1.807, 2.05) is 36.4 Å². The van der Waals surface area contributed by atoms with Gasteiger partial charge in [-0.05, 0) is 23.8 Å². The van der Waals surface area contributed by atoms with Crippen molar-refractivity contribution in [3.63, 3.8) is 0 Å². The first-order valence-corrected chi connectivity index (χ1v) is 8.18. The summed E-state index contributed by atoms with van der Waals surface area (Å²) in [5.74, 6) is -0.128. The van der Waals surface area contributed by atoms with Crippen molar-refractivity contribution in [3.05, 3.63) is 71.3 Å². The molecule has 1 aliphatic rings. The van der Waals surface area contributed by atoms with Gasteiger partial charge >= 0.3 is 0 Å². The van der Waals surface area contributed by atoms with Crippen molar-refractivity contribution < 1.29 is 4.79 Å². The number of nitriles is 2. The maximum absolute atomic E-state index is 12.7. The van der Waals surface area contributed by atoms with E-state index < -0.39 is 0 Å². The van der Waals surface area contributed by atoms with Crippen LogP contribution >= 0.6 is 0 Å². The molecule has 0 aliphatic carbocycles. The molecule has 2 aromatic rings. The Balaban J connectivity index is 1.70. The molecular weight excluding hydrogens is 312 g/mol. The van der Waals surface area contributed by atoms with E-state index >= 15 is 0 Å². The zero-order valence-electron chi connectivity index (χ0n) is 13.8. The van der Waals surface area contributed by atoms with Crippen molar-refractivity contribution in [1.82, 2.24) is 9.80 Å². The van der Waals surface area contributed by atoms with Crippen LogP contribution in [-0.2, 0) is 6.54 Å². The molecule has 0 saturated carbocycles. The van der Waals surface area contributed by atoms with Gasteiger partial charge in [-0.25, -0.2) is 0 Å². The fourth-order valence-corrected chi connectivity index (χ4v) is 3.04. The molecular formula is C20H18N4O. The third-order valence-electron chi connectivity index (χ3n) is 4.39. The van der Waals surface area contributed by atoms with Gasteiger partial charge in [-0.2, -0.15) is 10.5 Å². The molecule has 1 atom stereocenters. The maximum Gasteiger partial charge on any atom is 0.254 e. The maximum atomic E-state index is 12.7. The minimum absolute atomic E-state index is 0.128. The molecule has 0 unspecified atom stereocenters. The summed E-state index contributed by atoms with van der Waals surface area (Å²) >= 11 is 0. The molecule has 0 N–H and O–H groups in total. The molecule has 0 aromatic heterocycles. The van der Waals surface area contributed by atoms with Crippen LogP contribution in [0.1, 0.15) is 21.5 Å². The predicted octanol–water partition coefficient (Wildman–Crippen LogP) is 2.41. The van der Waals surface area contributed by atoms with Gasteiger partial charge in [0.2, 0.25) is 0 Å². The van der Waals surface area contributed by atoms with Gasteiger partial charge in [0.15, 0.2) is 0 Å². The molecule has 124 valence electrons. The lowest BCUT2D eigenvalue weighted by Gasteiger charge is -2.38. The molecule has 1 fully saturated rings. The van der Waals surface area contributed by atoms with Gasteiger partial charge in [-0.1, -0.05) is 36.4 Å². The fraction of sp³-hybridized carbons (Fsp3) is 0.250. The number of piperazine rings is 1. The number of carbonyl (C=O) groups is 1. The monoisotopic (exact) mass is 330 g/mol. The van der Waals surface area contributed by atoms with E-state index in [4.69, 9.17) is 5.26 Å². The van der Waals surface area contributed by atoms with Crippen LogP contribution in [0.2, 0.25) is 0 Å². The fourth-order valence-electron chi connectivity index (χ4n) is 3.04. The van der Waals surface area contributed by atoms with Crippen molar-refractivity contribution in [2.75, 3.05) is 19.6 Å². The predicted molar refractivity (Wildman–Crippen MR) is 93.3 cm³/mol. The van der Waals surface area contributed by atoms with Crippen molar-refractivity contribution in [2.24, 2.45) is 0 Å². The molecule has 0 spiro atoms. The summed E-state index contributed by atoms with van der Waals surface area (Å²) in [5, 5.41) is 18.5. The molecule has 1 saturated heterocycles. The van der Waals surface area contributed by atoms with Crippen molar-refractivity contribution >= 4 is 5.91 Å². The lowest BCUT2D eigenvalue weighted by Crippen LogP contribution is -2.53. The number of hydrogen-bond donors (Lipinski definition) is 0. The molecule has 5 nitrogen and oxygen atoms in total. The molecule has 5 heteroatoms. The molecule has 3 rings (SSSR count). The third kappa shape index (κ3) is 3.85. The van der Waals surface area contributed by atoms with Gasteiger partial charge in [0.1, 0.15) is 6.04 Å². The van der Waals surface area contributed by atoms with E-state index in [9.17, 15) is 10.1 Å². The molecule has 1 aliphatic heterocycles. The second-order valence-corrected chi connectivity index (χ2v) is 6.04. The largest absolute Gasteiger partial charge is 0.335 e. The van der Waals surface area contributed by atoms with Crippen molar-refractivity contribution in [2.45, 2.75) is 12.6 Å². The van der Waals surface area contributed by atoms with Crippen LogP contribution in [0, 0.1) is 22.7 Å². The van der Waals surface area contributed by atoms with Crippen LogP contribution < -0.4 is 0 Å². The average Bonchev–Trinajstić information content (AvgIpc) is 2.68. The lowest BCUT2D eigenvalue weighted by atomic mass is 10.1. The van der Waals surface area contributed by atoms with E-state index in [0.717, 1.165) is 5.56 Å². The first kappa shape index (κ1) is 16.7. The van der Waals surface area contributed by atoms with Crippen molar-refractivity contribution in [3.8, 4) is 12.1 Å². The van der Waals surface area contributed by atoms with E-state index in [1.165, 1.54) is 0 Å². The van der Waals surface area contributed by atoms with Crippen LogP contribution in [0.15, 0.2) is 54.6 Å². The second kappa shape index (κ2) is 7.61. The quantitative estimate of drug-likeness (QED) is 0.866. The van der Waals surface area contributed by atoms with Gasteiger partial charge in [0, 0.05) is 31.7 Å². The van der Waals surface area contributed by atoms with E-state index in [1.54, 1.807) is 29.2 Å². The van der Waals surface area contributed by atoms with E-state index in [-0.39, 0.29) is 11.9 Å². The number of nitrogens with zero attached hydrogens (tertiary/aromatic N) is 4. The second-order valence-electron chi connectivity index (χ2n) is 6.04. The molecule has 0 bridgehead atoms. The van der Waals surface area contributed by atoms with Gasteiger partial charge in [-0.3, -0.25) is 9.69 Å². The van der Waals surface area contributed by atoms with Crippen LogP contribution in [0.3, 0.4) is 0 Å². The number of hydrogen-bond acceptors (Lipinski definition) is 4. The Morgan fingerprint density at radius 2 is 1.88 bits per heavy atom. The normalized spacial score (nSPS) is 17.5. The van der Waals surface area contributed by atoms with Crippen LogP contribution in [0.5, 0.6) is 0 Å². The SMILES string of the molecule is N#Cc1cccc(C(=O)N2CCN(Cc3ccccc3)[C@H](C#N)C2)c1. The Hall–Kier alpha value is -3.15. The summed E-state index contributed by atoms with van der Waals surface area (Å²) in [6.45, 7) is 2.29. The Kier molecular flexibility index (Phi) is 5.09. The topological polar surface area (TPSA) is 71.1 Å². The molecule has 2 aromatic carbocycles. The van der Waals surface area contributed by atoms with Crippen LogP contribution in [0.25, 0.3) is 0 Å². The summed E-state index contributed by atoms with van der Waals surface area (Å²) in [7, 11) is 0. The van der Waals surface area contributed by atoms with Gasteiger partial charge < -0.3 is 4.90 Å². The number of carbonyl (C=O) groups excluding carboxylic acids is 1. The Labute approximate surface area is 147 Å². The van der Waals surface area contributed by atoms with Crippen molar-refractivity contribution in [1.29, 1.82) is 10.5 Å². The Morgan fingerprint density at radius 1 is 1.08 bits per heavy atom. The number of benzene rings is 2. The molecule has 0 radical (unpaired) electrons. The standard InChI is InChI=1S/C20H18N4O/c21-12-17-7-4-8-18(11-17)20(25)24-10-9-23(19(13-22)15-24)14-16-5-2-1-3-6-16/h1-8,11,19H,9-10,14-15H2/t19-/m1/s1. The first-order chi connectivity index (χ1) is 12.2. The average molecular weight is 330 g/mol. The Morgan fingerprint density at radius 3 is 2.60 bits per heavy atom. The summed E-state index contributed by atoms with van der Waals surface area (Å²) in [6, 6.07) is 20.7. The highest BCUT2D eigenvalue weighted by Gasteiger charge is 2.30. The highest BCUT2D eigenvalue weighted by atomic mass is 16.2. The molecule has 1 heterocycles. The Bertz CT molecular complexity index is 835. The van der Waals surface area contributed by atoms with E-state index in [0.29, 0.717) is 37.3 Å². The first-order valence-electron chi connectivity index (χ1n) is 8.18. The van der Waals surface area contributed by atoms with Crippen LogP contribution in [0.4, 0.5) is 0 Å². The number of rotatable bonds is 3. The lowest BCUT2D eigenvalue weighted by molar-refractivity contribution is 0.0552. The summed E-state index contributed by atoms with van der Waals surface area (Å²) in [5.41, 5.74) is 2.11. The highest BCUT2D eigenvalue weighted by Crippen LogP contribution is 2.16. The van der Waals surface area contributed by atoms with E-state index in [2.05, 4.69) is 11.0 Å². The van der Waals surface area contributed by atoms with Gasteiger partial charge in [-0.15, -0.1) is 0 Å². The summed E-state index contributed by atoms with van der Waals surface area (Å²) in [6.07, 6.45) is 0. The summed E-state index contributed by atoms with van der Waals surface area (Å²) < 4.78 is 0. The smallest absolute Gasteiger partial charge is 0.254 e.